The van der Waals surface area contributed by atoms with Crippen molar-refractivity contribution in [2.45, 2.75) is 77.1 Å². The van der Waals surface area contributed by atoms with E-state index < -0.39 is 18.0 Å². The van der Waals surface area contributed by atoms with Crippen LogP contribution < -0.4 is 20.7 Å². The second-order valence-corrected chi connectivity index (χ2v) is 17.6. The summed E-state index contributed by atoms with van der Waals surface area (Å²) in [5.74, 6) is -1.73. The summed E-state index contributed by atoms with van der Waals surface area (Å²) in [7, 11) is 0. The van der Waals surface area contributed by atoms with Gasteiger partial charge >= 0.3 is 0 Å². The van der Waals surface area contributed by atoms with Crippen molar-refractivity contribution in [2.75, 3.05) is 57.9 Å². The summed E-state index contributed by atoms with van der Waals surface area (Å²) in [6.07, 6.45) is 1.11. The number of imide groups is 2. The molecular formula is C50H54FN7O9. The summed E-state index contributed by atoms with van der Waals surface area (Å²) < 4.78 is 31.5. The largest absolute Gasteiger partial charge is 0.488 e. The van der Waals surface area contributed by atoms with E-state index in [1.54, 1.807) is 35.2 Å². The number of anilines is 1. The Morgan fingerprint density at radius 1 is 0.627 bits per heavy atom. The fourth-order valence-corrected chi connectivity index (χ4v) is 9.40. The zero-order valence-corrected chi connectivity index (χ0v) is 37.2. The van der Waals surface area contributed by atoms with Crippen LogP contribution >= 0.6 is 0 Å². The van der Waals surface area contributed by atoms with Crippen molar-refractivity contribution in [3.05, 3.63) is 129 Å². The lowest BCUT2D eigenvalue weighted by Crippen LogP contribution is -2.52. The summed E-state index contributed by atoms with van der Waals surface area (Å²) >= 11 is 0. The number of nitrogens with zero attached hydrogens (tertiary/aromatic N) is 4. The molecule has 0 bridgehead atoms. The van der Waals surface area contributed by atoms with Gasteiger partial charge in [0, 0.05) is 98.7 Å². The Bertz CT molecular complexity index is 2540. The number of ether oxygens (including phenoxy) is 3. The minimum Gasteiger partial charge on any atom is -0.488 e. The van der Waals surface area contributed by atoms with E-state index in [0.29, 0.717) is 73.7 Å². The van der Waals surface area contributed by atoms with Crippen LogP contribution in [0.5, 0.6) is 5.75 Å². The molecule has 0 radical (unpaired) electrons. The van der Waals surface area contributed by atoms with E-state index in [1.807, 2.05) is 18.2 Å². The first-order valence-electron chi connectivity index (χ1n) is 22.9. The maximum absolute atomic E-state index is 14.8. The van der Waals surface area contributed by atoms with Gasteiger partial charge in [-0.15, -0.1) is 0 Å². The second-order valence-electron chi connectivity index (χ2n) is 17.6. The molecule has 6 amide bonds. The molecule has 3 N–H and O–H groups in total. The lowest BCUT2D eigenvalue weighted by Gasteiger charge is -2.29. The molecule has 67 heavy (non-hydrogen) atoms. The SMILES string of the molecule is O=C1CCC(N2Cc3c(NCc4ccc(CN5CCOCC5)cc4)cccc3C2=O)C(=O)N1.O=C1CCC(N2Cc3c(OCc4ccc(CN5CCOCC5)cc4F)cccc3C2=O)C(=O)N1. The fraction of sp³-hybridized carbons (Fsp3) is 0.400. The quantitative estimate of drug-likeness (QED) is 0.175. The van der Waals surface area contributed by atoms with Crippen LogP contribution in [0.2, 0.25) is 0 Å². The van der Waals surface area contributed by atoms with Crippen LogP contribution in [-0.2, 0) is 68.0 Å². The third kappa shape index (κ3) is 10.5. The first-order valence-corrected chi connectivity index (χ1v) is 22.9. The van der Waals surface area contributed by atoms with E-state index in [9.17, 15) is 33.2 Å². The number of piperidine rings is 2. The molecule has 2 atom stereocenters. The number of halogens is 1. The molecular weight excluding hydrogens is 862 g/mol. The number of amides is 6. The monoisotopic (exact) mass is 915 g/mol. The Morgan fingerprint density at radius 3 is 1.73 bits per heavy atom. The van der Waals surface area contributed by atoms with Crippen LogP contribution in [0.3, 0.4) is 0 Å². The highest BCUT2D eigenvalue weighted by Crippen LogP contribution is 2.35. The highest BCUT2D eigenvalue weighted by Gasteiger charge is 2.41. The molecule has 16 nitrogen and oxygen atoms in total. The van der Waals surface area contributed by atoms with Crippen molar-refractivity contribution >= 4 is 41.1 Å². The summed E-state index contributed by atoms with van der Waals surface area (Å²) in [6, 6.07) is 23.2. The van der Waals surface area contributed by atoms with Crippen molar-refractivity contribution < 1.29 is 47.4 Å². The molecule has 0 saturated carbocycles. The van der Waals surface area contributed by atoms with Crippen molar-refractivity contribution in [1.29, 1.82) is 0 Å². The molecule has 350 valence electrons. The summed E-state index contributed by atoms with van der Waals surface area (Å²) in [6.45, 7) is 9.42. The molecule has 0 aromatic heterocycles. The minimum atomic E-state index is -0.693. The Morgan fingerprint density at radius 2 is 1.15 bits per heavy atom. The Labute approximate surface area is 387 Å². The Kier molecular flexibility index (Phi) is 14.0. The molecule has 0 aliphatic carbocycles. The van der Waals surface area contributed by atoms with Crippen LogP contribution in [0.25, 0.3) is 0 Å². The molecule has 6 aliphatic rings. The molecule has 4 aromatic carbocycles. The number of rotatable bonds is 12. The summed E-state index contributed by atoms with van der Waals surface area (Å²) in [5, 5.41) is 8.11. The van der Waals surface area contributed by atoms with Crippen LogP contribution in [0, 0.1) is 5.82 Å². The number of carbonyl (C=O) groups excluding carboxylic acids is 6. The van der Waals surface area contributed by atoms with Gasteiger partial charge in [0.25, 0.3) is 11.8 Å². The third-order valence-corrected chi connectivity index (χ3v) is 13.1. The van der Waals surface area contributed by atoms with Crippen molar-refractivity contribution in [3.8, 4) is 5.75 Å². The molecule has 6 heterocycles. The summed E-state index contributed by atoms with van der Waals surface area (Å²) in [5.41, 5.74) is 7.31. The first-order chi connectivity index (χ1) is 32.6. The third-order valence-electron chi connectivity index (χ3n) is 13.1. The van der Waals surface area contributed by atoms with Gasteiger partial charge in [-0.1, -0.05) is 48.5 Å². The van der Waals surface area contributed by atoms with E-state index in [4.69, 9.17) is 14.2 Å². The van der Waals surface area contributed by atoms with Gasteiger partial charge in [0.1, 0.15) is 30.3 Å². The van der Waals surface area contributed by atoms with Gasteiger partial charge < -0.3 is 29.3 Å². The number of morpholine rings is 2. The van der Waals surface area contributed by atoms with E-state index in [0.717, 1.165) is 68.3 Å². The number of fused-ring (bicyclic) bond motifs is 2. The van der Waals surface area contributed by atoms with E-state index in [-0.39, 0.29) is 61.3 Å². The van der Waals surface area contributed by atoms with E-state index in [1.165, 1.54) is 16.5 Å². The van der Waals surface area contributed by atoms with Crippen LogP contribution in [0.1, 0.15) is 79.8 Å². The smallest absolute Gasteiger partial charge is 0.255 e. The van der Waals surface area contributed by atoms with Gasteiger partial charge in [0.2, 0.25) is 23.6 Å². The second kappa shape index (κ2) is 20.5. The number of nitrogens with one attached hydrogen (secondary N) is 3. The molecule has 4 saturated heterocycles. The van der Waals surface area contributed by atoms with Crippen LogP contribution in [0.4, 0.5) is 10.1 Å². The van der Waals surface area contributed by atoms with Gasteiger partial charge in [-0.3, -0.25) is 49.2 Å². The number of hydrogen-bond donors (Lipinski definition) is 3. The number of hydrogen-bond acceptors (Lipinski definition) is 12. The van der Waals surface area contributed by atoms with Crippen LogP contribution in [-0.4, -0.2) is 120 Å². The van der Waals surface area contributed by atoms with Crippen LogP contribution in [0.15, 0.2) is 78.9 Å². The molecule has 2 unspecified atom stereocenters. The average Bonchev–Trinajstić information content (AvgIpc) is 3.85. The Hall–Kier alpha value is -6.53. The summed E-state index contributed by atoms with van der Waals surface area (Å²) in [4.78, 5) is 81.1. The lowest BCUT2D eigenvalue weighted by molar-refractivity contribution is -0.138. The molecule has 17 heteroatoms. The normalized spacial score (nSPS) is 21.0. The van der Waals surface area contributed by atoms with Gasteiger partial charge in [-0.05, 0) is 59.9 Å². The predicted molar refractivity (Wildman–Crippen MR) is 242 cm³/mol. The number of benzene rings is 4. The van der Waals surface area contributed by atoms with E-state index >= 15 is 0 Å². The van der Waals surface area contributed by atoms with Gasteiger partial charge in [0.15, 0.2) is 0 Å². The first kappa shape index (κ1) is 45.6. The van der Waals surface area contributed by atoms with Gasteiger partial charge in [0.05, 0.1) is 33.0 Å². The molecule has 4 fully saturated rings. The molecule has 4 aromatic rings. The van der Waals surface area contributed by atoms with Crippen molar-refractivity contribution in [3.63, 3.8) is 0 Å². The van der Waals surface area contributed by atoms with E-state index in [2.05, 4.69) is 50.0 Å². The van der Waals surface area contributed by atoms with Gasteiger partial charge in [-0.25, -0.2) is 4.39 Å². The predicted octanol–water partition coefficient (Wildman–Crippen LogP) is 3.89. The average molecular weight is 916 g/mol. The van der Waals surface area contributed by atoms with Crippen molar-refractivity contribution in [1.82, 2.24) is 30.2 Å². The lowest BCUT2D eigenvalue weighted by atomic mass is 10.0. The van der Waals surface area contributed by atoms with Crippen molar-refractivity contribution in [2.24, 2.45) is 0 Å². The molecule has 0 spiro atoms. The highest BCUT2D eigenvalue weighted by molar-refractivity contribution is 6.07. The zero-order chi connectivity index (χ0) is 46.4. The maximum Gasteiger partial charge on any atom is 0.255 e. The maximum atomic E-state index is 14.8. The molecule has 10 rings (SSSR count). The topological polar surface area (TPSA) is 179 Å². The van der Waals surface area contributed by atoms with Gasteiger partial charge in [-0.2, -0.15) is 0 Å². The molecule has 6 aliphatic heterocycles. The standard InChI is InChI=1S/C25H26FN3O5.C25H28N4O4/c26-20-12-16(13-28-8-10-33-11-9-28)4-5-17(20)15-34-22-3-1-2-18-19(22)14-29(25(18)32)21-6-7-23(30)27-24(21)31;30-23-9-8-22(24(31)27-23)29-16-20-19(25(29)32)2-1-3-21(20)26-14-17-4-6-18(7-5-17)15-28-10-12-33-13-11-28/h1-5,12,21H,6-11,13-15H2,(H,27,30,31);1-7,22,26H,8-16H2,(H,27,30,31). The Balaban J connectivity index is 0.000000168. The minimum absolute atomic E-state index is 0.0206. The number of carbonyl (C=O) groups is 6. The fourth-order valence-electron chi connectivity index (χ4n) is 9.40. The highest BCUT2D eigenvalue weighted by atomic mass is 19.1. The zero-order valence-electron chi connectivity index (χ0n) is 37.2.